The number of hydrogen-bond acceptors (Lipinski definition) is 2. The van der Waals surface area contributed by atoms with Crippen LogP contribution in [0.25, 0.3) is 11.0 Å². The first-order valence-electron chi connectivity index (χ1n) is 5.02. The molecule has 0 aliphatic rings. The summed E-state index contributed by atoms with van der Waals surface area (Å²) in [4.78, 5) is 4.33. The summed E-state index contributed by atoms with van der Waals surface area (Å²) in [5.41, 5.74) is 7.74. The highest BCUT2D eigenvalue weighted by atomic mass is 15.0. The standard InChI is InChI=1S/C11H15N3/c12-7-3-4-8-14-9-13-10-5-1-2-6-11(10)14/h1-2,5-6,9H,3-4,7-8,12H2. The van der Waals surface area contributed by atoms with Crippen molar-refractivity contribution in [3.05, 3.63) is 30.6 Å². The van der Waals surface area contributed by atoms with E-state index in [9.17, 15) is 0 Å². The molecule has 0 aliphatic carbocycles. The van der Waals surface area contributed by atoms with Gasteiger partial charge in [0.2, 0.25) is 0 Å². The van der Waals surface area contributed by atoms with Gasteiger partial charge in [0.25, 0.3) is 0 Å². The Labute approximate surface area is 83.6 Å². The lowest BCUT2D eigenvalue weighted by Gasteiger charge is -2.02. The summed E-state index contributed by atoms with van der Waals surface area (Å²) < 4.78 is 2.19. The van der Waals surface area contributed by atoms with Gasteiger partial charge in [-0.3, -0.25) is 0 Å². The van der Waals surface area contributed by atoms with Gasteiger partial charge in [0.05, 0.1) is 17.4 Å². The highest BCUT2D eigenvalue weighted by molar-refractivity contribution is 5.74. The molecule has 0 saturated carbocycles. The van der Waals surface area contributed by atoms with Crippen LogP contribution in [0.5, 0.6) is 0 Å². The highest BCUT2D eigenvalue weighted by Gasteiger charge is 1.99. The number of hydrogen-bond donors (Lipinski definition) is 1. The first-order chi connectivity index (χ1) is 6.92. The van der Waals surface area contributed by atoms with Gasteiger partial charge in [0.1, 0.15) is 0 Å². The Morgan fingerprint density at radius 1 is 1.21 bits per heavy atom. The van der Waals surface area contributed by atoms with E-state index in [2.05, 4.69) is 15.6 Å². The number of unbranched alkanes of at least 4 members (excludes halogenated alkanes) is 1. The molecule has 0 unspecified atom stereocenters. The number of fused-ring (bicyclic) bond motifs is 1. The van der Waals surface area contributed by atoms with Crippen molar-refractivity contribution in [3.63, 3.8) is 0 Å². The van der Waals surface area contributed by atoms with Crippen molar-refractivity contribution >= 4 is 11.0 Å². The lowest BCUT2D eigenvalue weighted by Crippen LogP contribution is -2.02. The first kappa shape index (κ1) is 9.21. The normalized spacial score (nSPS) is 10.9. The van der Waals surface area contributed by atoms with E-state index in [1.54, 1.807) is 0 Å². The maximum absolute atomic E-state index is 5.46. The molecule has 2 aromatic rings. The predicted molar refractivity (Wildman–Crippen MR) is 58.0 cm³/mol. The molecule has 0 aliphatic heterocycles. The fourth-order valence-electron chi connectivity index (χ4n) is 1.61. The predicted octanol–water partition coefficient (Wildman–Crippen LogP) is 1.78. The van der Waals surface area contributed by atoms with Crippen molar-refractivity contribution in [3.8, 4) is 0 Å². The molecule has 2 rings (SSSR count). The zero-order chi connectivity index (χ0) is 9.80. The number of rotatable bonds is 4. The van der Waals surface area contributed by atoms with E-state index in [-0.39, 0.29) is 0 Å². The molecule has 1 aromatic carbocycles. The molecule has 3 nitrogen and oxygen atoms in total. The van der Waals surface area contributed by atoms with Gasteiger partial charge >= 0.3 is 0 Å². The average molecular weight is 189 g/mol. The zero-order valence-electron chi connectivity index (χ0n) is 8.19. The van der Waals surface area contributed by atoms with Crippen LogP contribution >= 0.6 is 0 Å². The van der Waals surface area contributed by atoms with E-state index in [4.69, 9.17) is 5.73 Å². The quantitative estimate of drug-likeness (QED) is 0.745. The van der Waals surface area contributed by atoms with Crippen molar-refractivity contribution in [2.75, 3.05) is 6.54 Å². The van der Waals surface area contributed by atoms with Crippen LogP contribution in [-0.4, -0.2) is 16.1 Å². The van der Waals surface area contributed by atoms with E-state index in [0.717, 1.165) is 31.4 Å². The lowest BCUT2D eigenvalue weighted by molar-refractivity contribution is 0.627. The summed E-state index contributed by atoms with van der Waals surface area (Å²) in [7, 11) is 0. The van der Waals surface area contributed by atoms with Gasteiger partial charge in [-0.05, 0) is 31.5 Å². The summed E-state index contributed by atoms with van der Waals surface area (Å²) in [6, 6.07) is 8.20. The van der Waals surface area contributed by atoms with Crippen LogP contribution in [0.15, 0.2) is 30.6 Å². The second-order valence-electron chi connectivity index (χ2n) is 3.42. The Hall–Kier alpha value is -1.35. The van der Waals surface area contributed by atoms with Crippen LogP contribution in [0.1, 0.15) is 12.8 Å². The Morgan fingerprint density at radius 3 is 2.93 bits per heavy atom. The number of nitrogens with two attached hydrogens (primary N) is 1. The first-order valence-corrected chi connectivity index (χ1v) is 5.02. The molecule has 14 heavy (non-hydrogen) atoms. The smallest absolute Gasteiger partial charge is 0.0958 e. The monoisotopic (exact) mass is 189 g/mol. The molecule has 0 fully saturated rings. The van der Waals surface area contributed by atoms with Crippen molar-refractivity contribution in [1.82, 2.24) is 9.55 Å². The van der Waals surface area contributed by atoms with E-state index in [0.29, 0.717) is 0 Å². The number of aromatic nitrogens is 2. The fraction of sp³-hybridized carbons (Fsp3) is 0.364. The summed E-state index contributed by atoms with van der Waals surface area (Å²) >= 11 is 0. The minimum Gasteiger partial charge on any atom is -0.331 e. The summed E-state index contributed by atoms with van der Waals surface area (Å²) in [5.74, 6) is 0. The molecule has 0 bridgehead atoms. The van der Waals surface area contributed by atoms with Crippen molar-refractivity contribution in [2.45, 2.75) is 19.4 Å². The third-order valence-corrected chi connectivity index (χ3v) is 2.38. The molecule has 74 valence electrons. The van der Waals surface area contributed by atoms with E-state index < -0.39 is 0 Å². The molecular formula is C11H15N3. The maximum Gasteiger partial charge on any atom is 0.0958 e. The second-order valence-corrected chi connectivity index (χ2v) is 3.42. The Morgan fingerprint density at radius 2 is 2.07 bits per heavy atom. The van der Waals surface area contributed by atoms with Gasteiger partial charge < -0.3 is 10.3 Å². The Kier molecular flexibility index (Phi) is 2.79. The highest BCUT2D eigenvalue weighted by Crippen LogP contribution is 2.12. The van der Waals surface area contributed by atoms with Gasteiger partial charge in [0.15, 0.2) is 0 Å². The average Bonchev–Trinajstić information content (AvgIpc) is 2.63. The Balaban J connectivity index is 2.17. The molecule has 0 spiro atoms. The molecule has 2 N–H and O–H groups in total. The number of para-hydroxylation sites is 2. The largest absolute Gasteiger partial charge is 0.331 e. The molecule has 1 heterocycles. The Bertz CT molecular complexity index is 406. The number of nitrogens with zero attached hydrogens (tertiary/aromatic N) is 2. The van der Waals surface area contributed by atoms with Crippen LogP contribution < -0.4 is 5.73 Å². The SMILES string of the molecule is NCCCCn1cnc2ccccc21. The van der Waals surface area contributed by atoms with Gasteiger partial charge in [-0.2, -0.15) is 0 Å². The van der Waals surface area contributed by atoms with E-state index in [1.165, 1.54) is 5.52 Å². The maximum atomic E-state index is 5.46. The van der Waals surface area contributed by atoms with Gasteiger partial charge in [-0.1, -0.05) is 12.1 Å². The minimum absolute atomic E-state index is 0.770. The van der Waals surface area contributed by atoms with Crippen LogP contribution in [-0.2, 0) is 6.54 Å². The van der Waals surface area contributed by atoms with Gasteiger partial charge in [-0.15, -0.1) is 0 Å². The fourth-order valence-corrected chi connectivity index (χ4v) is 1.61. The summed E-state index contributed by atoms with van der Waals surface area (Å²) in [6.07, 6.45) is 4.10. The van der Waals surface area contributed by atoms with Gasteiger partial charge in [-0.25, -0.2) is 4.98 Å². The van der Waals surface area contributed by atoms with E-state index in [1.807, 2.05) is 24.5 Å². The number of benzene rings is 1. The number of aryl methyl sites for hydroxylation is 1. The molecule has 0 amide bonds. The third kappa shape index (κ3) is 1.77. The van der Waals surface area contributed by atoms with Crippen LogP contribution in [0.4, 0.5) is 0 Å². The zero-order valence-corrected chi connectivity index (χ0v) is 8.19. The third-order valence-electron chi connectivity index (χ3n) is 2.38. The topological polar surface area (TPSA) is 43.8 Å². The lowest BCUT2D eigenvalue weighted by atomic mass is 10.3. The van der Waals surface area contributed by atoms with Crippen molar-refractivity contribution in [1.29, 1.82) is 0 Å². The molecule has 0 radical (unpaired) electrons. The van der Waals surface area contributed by atoms with Crippen LogP contribution in [0, 0.1) is 0 Å². The van der Waals surface area contributed by atoms with Crippen LogP contribution in [0.2, 0.25) is 0 Å². The summed E-state index contributed by atoms with van der Waals surface area (Å²) in [5, 5.41) is 0. The molecule has 1 aromatic heterocycles. The summed E-state index contributed by atoms with van der Waals surface area (Å²) in [6.45, 7) is 1.78. The van der Waals surface area contributed by atoms with E-state index >= 15 is 0 Å². The number of imidazole rings is 1. The molecule has 0 atom stereocenters. The minimum atomic E-state index is 0.770. The second kappa shape index (κ2) is 4.24. The molecule has 0 saturated heterocycles. The molecular weight excluding hydrogens is 174 g/mol. The van der Waals surface area contributed by atoms with Crippen molar-refractivity contribution in [2.24, 2.45) is 5.73 Å². The van der Waals surface area contributed by atoms with Crippen molar-refractivity contribution < 1.29 is 0 Å². The van der Waals surface area contributed by atoms with Gasteiger partial charge in [0, 0.05) is 6.54 Å². The molecule has 3 heteroatoms. The van der Waals surface area contributed by atoms with Crippen LogP contribution in [0.3, 0.4) is 0 Å².